The minimum absolute atomic E-state index is 0.0398. The Morgan fingerprint density at radius 1 is 1.24 bits per heavy atom. The fourth-order valence-electron chi connectivity index (χ4n) is 2.99. The van der Waals surface area contributed by atoms with Crippen LogP contribution in [0.2, 0.25) is 0 Å². The van der Waals surface area contributed by atoms with Crippen LogP contribution in [0.15, 0.2) is 0 Å². The van der Waals surface area contributed by atoms with E-state index in [2.05, 4.69) is 10.2 Å². The van der Waals surface area contributed by atoms with Crippen LogP contribution in [0.25, 0.3) is 0 Å². The Balaban J connectivity index is 1.96. The van der Waals surface area contributed by atoms with Crippen LogP contribution in [-0.4, -0.2) is 56.7 Å². The van der Waals surface area contributed by atoms with Crippen molar-refractivity contribution in [2.75, 3.05) is 27.3 Å². The Labute approximate surface area is 104 Å². The largest absolute Gasteiger partial charge is 0.378 e. The summed E-state index contributed by atoms with van der Waals surface area (Å²) < 4.78 is 11.0. The quantitative estimate of drug-likeness (QED) is 0.736. The number of hydrogen-bond acceptors (Lipinski definition) is 5. The summed E-state index contributed by atoms with van der Waals surface area (Å²) in [4.78, 5) is 2.47. The zero-order valence-corrected chi connectivity index (χ0v) is 10.9. The maximum atomic E-state index is 5.96. The summed E-state index contributed by atoms with van der Waals surface area (Å²) in [5, 5.41) is 3.33. The topological polar surface area (TPSA) is 59.8 Å². The van der Waals surface area contributed by atoms with Crippen molar-refractivity contribution in [2.24, 2.45) is 5.73 Å². The van der Waals surface area contributed by atoms with Crippen LogP contribution in [0.5, 0.6) is 0 Å². The van der Waals surface area contributed by atoms with Gasteiger partial charge in [0, 0.05) is 33.4 Å². The zero-order valence-electron chi connectivity index (χ0n) is 10.9. The molecule has 2 saturated heterocycles. The average Bonchev–Trinajstić information content (AvgIpc) is 2.39. The van der Waals surface area contributed by atoms with Crippen LogP contribution in [-0.2, 0) is 9.47 Å². The molecular formula is C12H25N3O2. The highest BCUT2D eigenvalue weighted by Crippen LogP contribution is 2.24. The van der Waals surface area contributed by atoms with Crippen molar-refractivity contribution in [3.05, 3.63) is 0 Å². The molecule has 4 atom stereocenters. The van der Waals surface area contributed by atoms with E-state index >= 15 is 0 Å². The van der Waals surface area contributed by atoms with E-state index in [1.165, 1.54) is 12.8 Å². The smallest absolute Gasteiger partial charge is 0.110 e. The molecule has 0 aromatic carbocycles. The summed E-state index contributed by atoms with van der Waals surface area (Å²) in [6.07, 6.45) is 4.99. The van der Waals surface area contributed by atoms with Gasteiger partial charge in [-0.3, -0.25) is 10.2 Å². The minimum Gasteiger partial charge on any atom is -0.378 e. The lowest BCUT2D eigenvalue weighted by molar-refractivity contribution is -0.0961. The lowest BCUT2D eigenvalue weighted by Crippen LogP contribution is -2.62. The number of rotatable bonds is 3. The minimum atomic E-state index is -0.0398. The second-order valence-electron chi connectivity index (χ2n) is 5.02. The molecule has 4 unspecified atom stereocenters. The van der Waals surface area contributed by atoms with Crippen molar-refractivity contribution in [3.8, 4) is 0 Å². The van der Waals surface area contributed by atoms with Gasteiger partial charge in [0.15, 0.2) is 0 Å². The summed E-state index contributed by atoms with van der Waals surface area (Å²) >= 11 is 0. The molecule has 2 fully saturated rings. The fraction of sp³-hybridized carbons (Fsp3) is 1.00. The second-order valence-corrected chi connectivity index (χ2v) is 5.02. The summed E-state index contributed by atoms with van der Waals surface area (Å²) in [6, 6.07) is 0.477. The number of ether oxygens (including phenoxy) is 2. The number of methoxy groups -OCH3 is 2. The van der Waals surface area contributed by atoms with Crippen molar-refractivity contribution >= 4 is 0 Å². The van der Waals surface area contributed by atoms with E-state index in [-0.39, 0.29) is 18.5 Å². The maximum absolute atomic E-state index is 5.96. The van der Waals surface area contributed by atoms with Crippen LogP contribution in [0.4, 0.5) is 0 Å². The van der Waals surface area contributed by atoms with Crippen molar-refractivity contribution in [2.45, 2.75) is 50.2 Å². The van der Waals surface area contributed by atoms with Crippen LogP contribution >= 0.6 is 0 Å². The molecule has 0 aromatic heterocycles. The summed E-state index contributed by atoms with van der Waals surface area (Å²) in [7, 11) is 3.54. The average molecular weight is 243 g/mol. The number of nitrogens with two attached hydrogens (primary N) is 1. The molecule has 0 bridgehead atoms. The van der Waals surface area contributed by atoms with Gasteiger partial charge in [0.05, 0.1) is 12.3 Å². The highest BCUT2D eigenvalue weighted by Gasteiger charge is 2.35. The fourth-order valence-corrected chi connectivity index (χ4v) is 2.99. The molecule has 0 saturated carbocycles. The van der Waals surface area contributed by atoms with E-state index in [4.69, 9.17) is 15.2 Å². The Hall–Kier alpha value is -0.200. The van der Waals surface area contributed by atoms with E-state index in [1.807, 2.05) is 0 Å². The lowest BCUT2D eigenvalue weighted by atomic mass is 9.97. The summed E-state index contributed by atoms with van der Waals surface area (Å²) in [5.41, 5.74) is 5.96. The maximum Gasteiger partial charge on any atom is 0.110 e. The number of likely N-dealkylation sites (tertiary alicyclic amines) is 1. The Morgan fingerprint density at radius 3 is 2.76 bits per heavy atom. The van der Waals surface area contributed by atoms with Crippen LogP contribution in [0.1, 0.15) is 25.7 Å². The first kappa shape index (κ1) is 13.2. The van der Waals surface area contributed by atoms with Gasteiger partial charge in [-0.15, -0.1) is 0 Å². The molecule has 0 spiro atoms. The molecule has 0 radical (unpaired) electrons. The molecule has 2 aliphatic rings. The van der Waals surface area contributed by atoms with Crippen molar-refractivity contribution in [3.63, 3.8) is 0 Å². The first-order valence-electron chi connectivity index (χ1n) is 6.56. The molecule has 5 heteroatoms. The van der Waals surface area contributed by atoms with Gasteiger partial charge in [0.2, 0.25) is 0 Å². The van der Waals surface area contributed by atoms with Gasteiger partial charge in [-0.25, -0.2) is 0 Å². The van der Waals surface area contributed by atoms with Crippen LogP contribution in [0.3, 0.4) is 0 Å². The van der Waals surface area contributed by atoms with Gasteiger partial charge in [0.1, 0.15) is 6.23 Å². The molecule has 2 heterocycles. The van der Waals surface area contributed by atoms with E-state index in [0.717, 1.165) is 25.9 Å². The number of nitrogens with zero attached hydrogens (tertiary/aromatic N) is 1. The van der Waals surface area contributed by atoms with Gasteiger partial charge < -0.3 is 15.2 Å². The predicted molar refractivity (Wildman–Crippen MR) is 66.5 cm³/mol. The SMILES string of the molecule is COC1CC(N2CCCCC2OC)CNC1N. The predicted octanol–water partition coefficient (Wildman–Crippen LogP) is 0.107. The molecule has 0 aromatic rings. The van der Waals surface area contributed by atoms with Crippen LogP contribution in [0, 0.1) is 0 Å². The molecule has 0 aliphatic carbocycles. The summed E-state index contributed by atoms with van der Waals surface area (Å²) in [6.45, 7) is 2.05. The zero-order chi connectivity index (χ0) is 12.3. The normalized spacial score (nSPS) is 40.4. The van der Waals surface area contributed by atoms with Gasteiger partial charge in [0.25, 0.3) is 0 Å². The molecule has 0 amide bonds. The van der Waals surface area contributed by atoms with E-state index in [0.29, 0.717) is 6.04 Å². The highest BCUT2D eigenvalue weighted by molar-refractivity contribution is 4.90. The van der Waals surface area contributed by atoms with Gasteiger partial charge in [-0.2, -0.15) is 0 Å². The van der Waals surface area contributed by atoms with Gasteiger partial charge in [-0.1, -0.05) is 0 Å². The van der Waals surface area contributed by atoms with Crippen molar-refractivity contribution in [1.29, 1.82) is 0 Å². The van der Waals surface area contributed by atoms with E-state index in [9.17, 15) is 0 Å². The Kier molecular flexibility index (Phi) is 4.76. The number of nitrogens with one attached hydrogen (secondary N) is 1. The third kappa shape index (κ3) is 2.98. The highest BCUT2D eigenvalue weighted by atomic mass is 16.5. The van der Waals surface area contributed by atoms with Gasteiger partial charge in [-0.05, 0) is 25.7 Å². The van der Waals surface area contributed by atoms with Crippen LogP contribution < -0.4 is 11.1 Å². The Bertz CT molecular complexity index is 240. The molecule has 5 nitrogen and oxygen atoms in total. The first-order chi connectivity index (χ1) is 8.26. The monoisotopic (exact) mass is 243 g/mol. The first-order valence-corrected chi connectivity index (χ1v) is 6.56. The molecule has 2 aliphatic heterocycles. The van der Waals surface area contributed by atoms with E-state index in [1.54, 1.807) is 14.2 Å². The lowest BCUT2D eigenvalue weighted by Gasteiger charge is -2.44. The number of hydrogen-bond donors (Lipinski definition) is 2. The van der Waals surface area contributed by atoms with Crippen molar-refractivity contribution in [1.82, 2.24) is 10.2 Å². The molecule has 3 N–H and O–H groups in total. The number of piperidine rings is 2. The molecule has 2 rings (SSSR count). The Morgan fingerprint density at radius 2 is 2.06 bits per heavy atom. The molecular weight excluding hydrogens is 218 g/mol. The third-order valence-electron chi connectivity index (χ3n) is 4.03. The molecule has 100 valence electrons. The molecule has 17 heavy (non-hydrogen) atoms. The third-order valence-corrected chi connectivity index (χ3v) is 4.03. The second kappa shape index (κ2) is 6.11. The standard InChI is InChI=1S/C12H25N3O2/c1-16-10-7-9(8-14-12(10)13)15-6-4-3-5-11(15)17-2/h9-12,14H,3-8,13H2,1-2H3. The summed E-state index contributed by atoms with van der Waals surface area (Å²) in [5.74, 6) is 0. The van der Waals surface area contributed by atoms with E-state index < -0.39 is 0 Å². The van der Waals surface area contributed by atoms with Crippen molar-refractivity contribution < 1.29 is 9.47 Å². The van der Waals surface area contributed by atoms with Gasteiger partial charge >= 0.3 is 0 Å².